The highest BCUT2D eigenvalue weighted by molar-refractivity contribution is 5.74. The molecule has 0 saturated heterocycles. The van der Waals surface area contributed by atoms with Gasteiger partial charge in [-0.2, -0.15) is 5.26 Å². The van der Waals surface area contributed by atoms with E-state index in [0.29, 0.717) is 12.0 Å². The molecule has 77 valence electrons. The van der Waals surface area contributed by atoms with Crippen molar-refractivity contribution in [3.63, 3.8) is 0 Å². The molecule has 1 amide bonds. The van der Waals surface area contributed by atoms with Gasteiger partial charge in [-0.3, -0.25) is 4.79 Å². The highest BCUT2D eigenvalue weighted by atomic mass is 16.1. The first-order valence-electron chi connectivity index (χ1n) is 4.72. The smallest absolute Gasteiger partial charge is 0.217 e. The first kappa shape index (κ1) is 11.3. The number of carbonyl (C=O) groups excluding carboxylic acids is 1. The highest BCUT2D eigenvalue weighted by Gasteiger charge is 2.00. The summed E-state index contributed by atoms with van der Waals surface area (Å²) in [7, 11) is 0. The summed E-state index contributed by atoms with van der Waals surface area (Å²) in [6, 6.07) is 7.76. The van der Waals surface area contributed by atoms with Crippen LogP contribution in [0, 0.1) is 24.7 Å². The molecule has 0 aliphatic carbocycles. The van der Waals surface area contributed by atoms with E-state index < -0.39 is 0 Å². The number of hydrogen-bond donors (Lipinski definition) is 1. The van der Waals surface area contributed by atoms with Gasteiger partial charge in [0.15, 0.2) is 0 Å². The van der Waals surface area contributed by atoms with Gasteiger partial charge in [-0.15, -0.1) is 0 Å². The largest absolute Gasteiger partial charge is 0.370 e. The van der Waals surface area contributed by atoms with Crippen molar-refractivity contribution < 1.29 is 4.79 Å². The Balaban J connectivity index is 2.65. The molecule has 1 radical (unpaired) electrons. The Hall–Kier alpha value is -1.82. The summed E-state index contributed by atoms with van der Waals surface area (Å²) in [5, 5.41) is 8.77. The van der Waals surface area contributed by atoms with Gasteiger partial charge >= 0.3 is 0 Å². The summed E-state index contributed by atoms with van der Waals surface area (Å²) in [6.45, 7) is 1.94. The molecule has 0 saturated carbocycles. The van der Waals surface area contributed by atoms with Crippen molar-refractivity contribution in [1.82, 2.24) is 0 Å². The molecule has 0 aliphatic heterocycles. The van der Waals surface area contributed by atoms with E-state index in [9.17, 15) is 4.79 Å². The number of nitriles is 1. The Kier molecular flexibility index (Phi) is 3.87. The fourth-order valence-corrected chi connectivity index (χ4v) is 1.43. The number of nitrogens with two attached hydrogens (primary N) is 1. The molecule has 0 bridgehead atoms. The normalized spacial score (nSPS) is 9.60. The molecular formula is C12H13N2O. The Morgan fingerprint density at radius 3 is 2.87 bits per heavy atom. The number of nitrogens with zero attached hydrogens (tertiary/aromatic N) is 1. The van der Waals surface area contributed by atoms with Crippen molar-refractivity contribution in [3.8, 4) is 6.07 Å². The lowest BCUT2D eigenvalue weighted by Crippen LogP contribution is -2.10. The Morgan fingerprint density at radius 1 is 1.53 bits per heavy atom. The fraction of sp³-hybridized carbons (Fsp3) is 0.250. The van der Waals surface area contributed by atoms with E-state index in [1.54, 1.807) is 0 Å². The third-order valence-corrected chi connectivity index (χ3v) is 1.99. The summed E-state index contributed by atoms with van der Waals surface area (Å²) < 4.78 is 0. The van der Waals surface area contributed by atoms with Crippen LogP contribution in [0.2, 0.25) is 0 Å². The predicted molar refractivity (Wildman–Crippen MR) is 57.7 cm³/mol. The second kappa shape index (κ2) is 5.16. The molecule has 0 heterocycles. The highest BCUT2D eigenvalue weighted by Crippen LogP contribution is 2.11. The van der Waals surface area contributed by atoms with Gasteiger partial charge in [-0.25, -0.2) is 0 Å². The second-order valence-electron chi connectivity index (χ2n) is 3.48. The molecule has 0 unspecified atom stereocenters. The van der Waals surface area contributed by atoms with Gasteiger partial charge in [-0.1, -0.05) is 6.07 Å². The van der Waals surface area contributed by atoms with Gasteiger partial charge in [-0.05, 0) is 43.0 Å². The molecule has 2 N–H and O–H groups in total. The zero-order valence-electron chi connectivity index (χ0n) is 8.66. The zero-order chi connectivity index (χ0) is 11.3. The third kappa shape index (κ3) is 3.82. The molecule has 1 aromatic carbocycles. The minimum Gasteiger partial charge on any atom is -0.370 e. The van der Waals surface area contributed by atoms with Crippen molar-refractivity contribution in [2.45, 2.75) is 19.8 Å². The maximum Gasteiger partial charge on any atom is 0.217 e. The molecule has 0 atom stereocenters. The number of primary amides is 1. The van der Waals surface area contributed by atoms with Crippen LogP contribution in [0.1, 0.15) is 23.1 Å². The predicted octanol–water partition coefficient (Wildman–Crippen LogP) is 1.49. The average molecular weight is 201 g/mol. The van der Waals surface area contributed by atoms with Crippen LogP contribution in [-0.2, 0) is 11.2 Å². The minimum absolute atomic E-state index is 0.274. The van der Waals surface area contributed by atoms with Crippen molar-refractivity contribution >= 4 is 5.91 Å². The summed E-state index contributed by atoms with van der Waals surface area (Å²) >= 11 is 0. The molecule has 3 nitrogen and oxygen atoms in total. The number of amides is 1. The monoisotopic (exact) mass is 201 g/mol. The molecule has 0 spiro atoms. The van der Waals surface area contributed by atoms with Crippen LogP contribution in [0.15, 0.2) is 18.2 Å². The molecular weight excluding hydrogens is 188 g/mol. The second-order valence-corrected chi connectivity index (χ2v) is 3.48. The van der Waals surface area contributed by atoms with Gasteiger partial charge in [0, 0.05) is 6.42 Å². The summed E-state index contributed by atoms with van der Waals surface area (Å²) in [6.07, 6.45) is 2.76. The third-order valence-electron chi connectivity index (χ3n) is 1.99. The average Bonchev–Trinajstić information content (AvgIpc) is 2.16. The van der Waals surface area contributed by atoms with E-state index in [2.05, 4.69) is 6.07 Å². The first-order valence-corrected chi connectivity index (χ1v) is 4.72. The quantitative estimate of drug-likeness (QED) is 0.801. The number of rotatable bonds is 4. The Labute approximate surface area is 89.5 Å². The van der Waals surface area contributed by atoms with Crippen molar-refractivity contribution in [1.29, 1.82) is 5.26 Å². The molecule has 0 aliphatic rings. The number of benzene rings is 1. The van der Waals surface area contributed by atoms with Gasteiger partial charge in [0.2, 0.25) is 5.91 Å². The molecule has 1 rings (SSSR count). The van der Waals surface area contributed by atoms with E-state index in [4.69, 9.17) is 11.0 Å². The van der Waals surface area contributed by atoms with Crippen LogP contribution in [0.3, 0.4) is 0 Å². The number of hydrogen-bond acceptors (Lipinski definition) is 2. The zero-order valence-corrected chi connectivity index (χ0v) is 8.66. The maximum atomic E-state index is 10.5. The first-order chi connectivity index (χ1) is 7.11. The van der Waals surface area contributed by atoms with Gasteiger partial charge in [0.25, 0.3) is 0 Å². The van der Waals surface area contributed by atoms with Crippen LogP contribution in [-0.4, -0.2) is 5.91 Å². The summed E-state index contributed by atoms with van der Waals surface area (Å²) in [4.78, 5) is 10.5. The van der Waals surface area contributed by atoms with Crippen molar-refractivity contribution in [2.75, 3.05) is 0 Å². The van der Waals surface area contributed by atoms with E-state index in [0.717, 1.165) is 11.1 Å². The lowest BCUT2D eigenvalue weighted by atomic mass is 10.0. The standard InChI is InChI=1S/C12H13N2O/c1-9-5-10(3-2-4-12(14)15)7-11(6-9)8-13/h2,5-7H,3-4H2,1H3,(H2,14,15). The summed E-state index contributed by atoms with van der Waals surface area (Å²) in [5.41, 5.74) is 7.76. The lowest BCUT2D eigenvalue weighted by Gasteiger charge is -2.02. The van der Waals surface area contributed by atoms with Gasteiger partial charge < -0.3 is 5.73 Å². The van der Waals surface area contributed by atoms with E-state index >= 15 is 0 Å². The number of aryl methyl sites for hydroxylation is 1. The molecule has 15 heavy (non-hydrogen) atoms. The van der Waals surface area contributed by atoms with E-state index in [-0.39, 0.29) is 12.3 Å². The van der Waals surface area contributed by atoms with Crippen LogP contribution in [0.25, 0.3) is 0 Å². The molecule has 1 aromatic rings. The van der Waals surface area contributed by atoms with E-state index in [1.165, 1.54) is 0 Å². The van der Waals surface area contributed by atoms with Crippen LogP contribution in [0.5, 0.6) is 0 Å². The minimum atomic E-state index is -0.330. The Morgan fingerprint density at radius 2 is 2.27 bits per heavy atom. The lowest BCUT2D eigenvalue weighted by molar-refractivity contribution is -0.117. The van der Waals surface area contributed by atoms with Crippen LogP contribution >= 0.6 is 0 Å². The molecule has 3 heteroatoms. The van der Waals surface area contributed by atoms with Crippen molar-refractivity contribution in [2.24, 2.45) is 5.73 Å². The van der Waals surface area contributed by atoms with E-state index in [1.807, 2.05) is 31.5 Å². The van der Waals surface area contributed by atoms with Gasteiger partial charge in [0.05, 0.1) is 11.6 Å². The SMILES string of the molecule is Cc1cc(C#N)cc(C[CH]CC(N)=O)c1. The topological polar surface area (TPSA) is 66.9 Å². The summed E-state index contributed by atoms with van der Waals surface area (Å²) in [5.74, 6) is -0.330. The maximum absolute atomic E-state index is 10.5. The fourth-order valence-electron chi connectivity index (χ4n) is 1.43. The van der Waals surface area contributed by atoms with Crippen LogP contribution in [0.4, 0.5) is 0 Å². The number of carbonyl (C=O) groups is 1. The molecule has 0 aromatic heterocycles. The van der Waals surface area contributed by atoms with Crippen LogP contribution < -0.4 is 5.73 Å². The molecule has 0 fully saturated rings. The van der Waals surface area contributed by atoms with Gasteiger partial charge in [0.1, 0.15) is 0 Å². The van der Waals surface area contributed by atoms with Crippen molar-refractivity contribution in [3.05, 3.63) is 41.3 Å². The Bertz CT molecular complexity index is 405.